The zero-order valence-corrected chi connectivity index (χ0v) is 10.0. The average molecular weight is 245 g/mol. The van der Waals surface area contributed by atoms with E-state index in [1.54, 1.807) is 0 Å². The molecular weight excluding hydrogens is 227 g/mol. The molecule has 2 N–H and O–H groups in total. The minimum Gasteiger partial charge on any atom is -0.303 e. The molecule has 0 aromatic rings. The molecule has 86 valence electrons. The molecule has 0 rings (SSSR count). The van der Waals surface area contributed by atoms with Gasteiger partial charge in [0.05, 0.1) is 6.61 Å². The summed E-state index contributed by atoms with van der Waals surface area (Å²) in [4.78, 5) is 16.8. The van der Waals surface area contributed by atoms with Gasteiger partial charge in [0.1, 0.15) is 0 Å². The van der Waals surface area contributed by atoms with E-state index in [0.29, 0.717) is 6.42 Å². The Morgan fingerprint density at radius 1 is 1.36 bits per heavy atom. The summed E-state index contributed by atoms with van der Waals surface area (Å²) in [6.07, 6.45) is 4.70. The predicted molar refractivity (Wildman–Crippen MR) is 56.4 cm³/mol. The van der Waals surface area contributed by atoms with Gasteiger partial charge in [-0.1, -0.05) is 26.2 Å². The van der Waals surface area contributed by atoms with Crippen LogP contribution in [0.1, 0.15) is 39.0 Å². The zero-order valence-electron chi connectivity index (χ0n) is 8.36. The van der Waals surface area contributed by atoms with Crippen LogP contribution in [-0.4, -0.2) is 21.8 Å². The maximum Gasteiger partial charge on any atom is 0.469 e. The van der Waals surface area contributed by atoms with Crippen LogP contribution in [0.25, 0.3) is 0 Å². The van der Waals surface area contributed by atoms with Gasteiger partial charge in [-0.15, -0.1) is 11.6 Å². The lowest BCUT2D eigenvalue weighted by Crippen LogP contribution is -2.03. The molecule has 0 saturated carbocycles. The Morgan fingerprint density at radius 3 is 2.50 bits per heavy atom. The van der Waals surface area contributed by atoms with Gasteiger partial charge in [-0.3, -0.25) is 4.52 Å². The monoisotopic (exact) mass is 244 g/mol. The highest BCUT2D eigenvalue weighted by Gasteiger charge is 2.14. The molecule has 0 radical (unpaired) electrons. The van der Waals surface area contributed by atoms with Crippen molar-refractivity contribution in [1.29, 1.82) is 0 Å². The van der Waals surface area contributed by atoms with Crippen LogP contribution in [0.3, 0.4) is 0 Å². The third kappa shape index (κ3) is 10.5. The molecule has 4 nitrogen and oxygen atoms in total. The van der Waals surface area contributed by atoms with Crippen molar-refractivity contribution in [3.05, 3.63) is 0 Å². The molecule has 14 heavy (non-hydrogen) atoms. The van der Waals surface area contributed by atoms with Crippen molar-refractivity contribution in [2.75, 3.05) is 6.61 Å². The molecule has 0 amide bonds. The summed E-state index contributed by atoms with van der Waals surface area (Å²) in [6.45, 7) is 2.13. The van der Waals surface area contributed by atoms with Crippen molar-refractivity contribution in [3.8, 4) is 0 Å². The Kier molecular flexibility index (Phi) is 7.88. The highest BCUT2D eigenvalue weighted by molar-refractivity contribution is 7.46. The van der Waals surface area contributed by atoms with Gasteiger partial charge in [-0.2, -0.15) is 0 Å². The Hall–Kier alpha value is 0.400. The lowest BCUT2D eigenvalue weighted by atomic mass is 10.1. The molecule has 0 heterocycles. The average Bonchev–Trinajstić information content (AvgIpc) is 2.02. The quantitative estimate of drug-likeness (QED) is 0.391. The van der Waals surface area contributed by atoms with E-state index in [1.165, 1.54) is 0 Å². The smallest absolute Gasteiger partial charge is 0.303 e. The fourth-order valence-corrected chi connectivity index (χ4v) is 1.65. The van der Waals surface area contributed by atoms with Crippen LogP contribution in [0, 0.1) is 0 Å². The van der Waals surface area contributed by atoms with Gasteiger partial charge in [0.25, 0.3) is 0 Å². The Bertz CT molecular complexity index is 182. The number of rotatable bonds is 8. The highest BCUT2D eigenvalue weighted by Crippen LogP contribution is 2.36. The van der Waals surface area contributed by atoms with E-state index >= 15 is 0 Å². The van der Waals surface area contributed by atoms with Crippen LogP contribution in [0.15, 0.2) is 0 Å². The van der Waals surface area contributed by atoms with Gasteiger partial charge >= 0.3 is 7.82 Å². The number of unbranched alkanes of at least 4 members (excludes halogenated alkanes) is 2. The molecule has 1 unspecified atom stereocenters. The second kappa shape index (κ2) is 7.66. The van der Waals surface area contributed by atoms with Crippen LogP contribution in [-0.2, 0) is 9.09 Å². The first-order valence-corrected chi connectivity index (χ1v) is 6.76. The molecule has 0 aliphatic carbocycles. The van der Waals surface area contributed by atoms with Crippen molar-refractivity contribution in [3.63, 3.8) is 0 Å². The zero-order chi connectivity index (χ0) is 11.0. The summed E-state index contributed by atoms with van der Waals surface area (Å²) >= 11 is 5.91. The molecule has 6 heteroatoms. The van der Waals surface area contributed by atoms with E-state index in [4.69, 9.17) is 21.4 Å². The predicted octanol–water partition coefficient (Wildman–Crippen LogP) is 2.67. The van der Waals surface area contributed by atoms with Crippen LogP contribution in [0.2, 0.25) is 0 Å². The second-order valence-electron chi connectivity index (χ2n) is 3.21. The van der Waals surface area contributed by atoms with Crippen LogP contribution in [0.4, 0.5) is 0 Å². The molecule has 0 aromatic heterocycles. The summed E-state index contributed by atoms with van der Waals surface area (Å²) in [5.74, 6) is 0. The van der Waals surface area contributed by atoms with Crippen LogP contribution >= 0.6 is 19.4 Å². The van der Waals surface area contributed by atoms with Crippen molar-refractivity contribution in [1.82, 2.24) is 0 Å². The maximum absolute atomic E-state index is 10.3. The van der Waals surface area contributed by atoms with Gasteiger partial charge in [0.2, 0.25) is 0 Å². The number of phosphoric acid groups is 1. The summed E-state index contributed by atoms with van der Waals surface area (Å²) in [5.41, 5.74) is 0. The molecule has 0 bridgehead atoms. The summed E-state index contributed by atoms with van der Waals surface area (Å²) in [7, 11) is -4.31. The van der Waals surface area contributed by atoms with E-state index in [0.717, 1.165) is 25.7 Å². The molecule has 0 aromatic carbocycles. The minimum atomic E-state index is -4.31. The normalized spacial score (nSPS) is 14.3. The number of phosphoric ester groups is 1. The molecular formula is C8H18ClO4P. The molecule has 0 fully saturated rings. The molecule has 0 spiro atoms. The van der Waals surface area contributed by atoms with E-state index < -0.39 is 7.82 Å². The second-order valence-corrected chi connectivity index (χ2v) is 5.06. The van der Waals surface area contributed by atoms with E-state index in [2.05, 4.69) is 11.4 Å². The van der Waals surface area contributed by atoms with E-state index in [9.17, 15) is 4.57 Å². The molecule has 0 saturated heterocycles. The molecule has 0 aliphatic heterocycles. The molecule has 1 atom stereocenters. The van der Waals surface area contributed by atoms with Gasteiger partial charge in [0, 0.05) is 5.38 Å². The Balaban J connectivity index is 3.35. The first-order chi connectivity index (χ1) is 6.45. The fourth-order valence-electron chi connectivity index (χ4n) is 1.06. The summed E-state index contributed by atoms with van der Waals surface area (Å²) < 4.78 is 14.6. The largest absolute Gasteiger partial charge is 0.469 e. The van der Waals surface area contributed by atoms with Crippen LogP contribution in [0.5, 0.6) is 0 Å². The minimum absolute atomic E-state index is 0.0184. The third-order valence-electron chi connectivity index (χ3n) is 1.81. The van der Waals surface area contributed by atoms with Gasteiger partial charge in [0.15, 0.2) is 0 Å². The SMILES string of the molecule is CCCCCC(Cl)CCOP(=O)(O)O. The summed E-state index contributed by atoms with van der Waals surface area (Å²) in [6, 6.07) is 0. The van der Waals surface area contributed by atoms with Gasteiger partial charge in [-0.25, -0.2) is 4.57 Å². The Labute approximate surface area is 89.8 Å². The van der Waals surface area contributed by atoms with Crippen molar-refractivity contribution in [2.24, 2.45) is 0 Å². The van der Waals surface area contributed by atoms with Gasteiger partial charge in [-0.05, 0) is 12.8 Å². The standard InChI is InChI=1S/C8H18ClO4P/c1-2-3-4-5-8(9)6-7-13-14(10,11)12/h8H,2-7H2,1H3,(H2,10,11,12). The first-order valence-electron chi connectivity index (χ1n) is 4.80. The van der Waals surface area contributed by atoms with Crippen molar-refractivity contribution in [2.45, 2.75) is 44.4 Å². The summed E-state index contributed by atoms with van der Waals surface area (Å²) in [5, 5.41) is -0.0481. The molecule has 0 aliphatic rings. The maximum atomic E-state index is 10.3. The lowest BCUT2D eigenvalue weighted by molar-refractivity contribution is 0.194. The van der Waals surface area contributed by atoms with E-state index in [1.807, 2.05) is 0 Å². The van der Waals surface area contributed by atoms with E-state index in [-0.39, 0.29) is 12.0 Å². The van der Waals surface area contributed by atoms with Gasteiger partial charge < -0.3 is 9.79 Å². The number of hydrogen-bond acceptors (Lipinski definition) is 2. The topological polar surface area (TPSA) is 66.8 Å². The highest BCUT2D eigenvalue weighted by atomic mass is 35.5. The first kappa shape index (κ1) is 14.4. The van der Waals surface area contributed by atoms with Crippen molar-refractivity contribution < 1.29 is 18.9 Å². The third-order valence-corrected chi connectivity index (χ3v) is 2.77. The van der Waals surface area contributed by atoms with Crippen molar-refractivity contribution >= 4 is 19.4 Å². The number of hydrogen-bond donors (Lipinski definition) is 2. The number of halogens is 1. The Morgan fingerprint density at radius 2 is 2.00 bits per heavy atom. The lowest BCUT2D eigenvalue weighted by Gasteiger charge is -2.09. The number of alkyl halides is 1. The van der Waals surface area contributed by atoms with Crippen LogP contribution < -0.4 is 0 Å². The fraction of sp³-hybridized carbons (Fsp3) is 1.00.